The molecule has 0 radical (unpaired) electrons. The van der Waals surface area contributed by atoms with Gasteiger partial charge in [-0.3, -0.25) is 0 Å². The highest BCUT2D eigenvalue weighted by Gasteiger charge is 2.26. The first kappa shape index (κ1) is 21.4. The monoisotopic (exact) mass is 379 g/mol. The molecule has 5 N–H and O–H groups in total. The highest BCUT2D eigenvalue weighted by atomic mass is 19.1. The molecule has 2 rings (SSSR count). The summed E-state index contributed by atoms with van der Waals surface area (Å²) < 4.78 is 21.2. The van der Waals surface area contributed by atoms with Gasteiger partial charge in [-0.05, 0) is 12.1 Å². The Morgan fingerprint density at radius 1 is 1.41 bits per heavy atom. The number of nitrogens with one attached hydrogen (secondary N) is 1. The number of aliphatic hydroxyl groups is 2. The lowest BCUT2D eigenvalue weighted by molar-refractivity contribution is 0.134. The number of aliphatic hydroxyl groups excluding tert-OH is 2. The maximum absolute atomic E-state index is 14.0. The number of aromatic nitrogens is 1. The Labute approximate surface area is 159 Å². The van der Waals surface area contributed by atoms with Gasteiger partial charge >= 0.3 is 0 Å². The van der Waals surface area contributed by atoms with Crippen LogP contribution in [0.15, 0.2) is 30.9 Å². The zero-order valence-corrected chi connectivity index (χ0v) is 16.0. The number of ether oxygens (including phenoxy) is 1. The van der Waals surface area contributed by atoms with E-state index in [4.69, 9.17) is 10.5 Å². The van der Waals surface area contributed by atoms with Crippen LogP contribution in [0.3, 0.4) is 0 Å². The lowest BCUT2D eigenvalue weighted by Crippen LogP contribution is -2.34. The Hall–Kier alpha value is -1.93. The topological polar surface area (TPSA) is 92.7 Å². The van der Waals surface area contributed by atoms with Gasteiger partial charge in [-0.2, -0.15) is 0 Å². The van der Waals surface area contributed by atoms with Gasteiger partial charge in [0.25, 0.3) is 0 Å². The fourth-order valence-electron chi connectivity index (χ4n) is 2.99. The number of anilines is 1. The third-order valence-electron chi connectivity index (χ3n) is 4.54. The molecule has 0 saturated carbocycles. The van der Waals surface area contributed by atoms with Crippen LogP contribution in [0.4, 0.5) is 10.1 Å². The van der Waals surface area contributed by atoms with Gasteiger partial charge in [-0.15, -0.1) is 6.58 Å². The first-order chi connectivity index (χ1) is 12.8. The standard InChI is InChI=1S/C20H30FN3O3/c1-4-6-27-7-5-23-11-15(26)12-24-18-10-16(21)17(22)8-14(18)9-19(24)20(2,3)13-25/h4,8-10,15,23,25-26H,1,5-7,11-13,22H2,2-3H3/t15-/m0/s1. The van der Waals surface area contributed by atoms with Crippen molar-refractivity contribution in [1.29, 1.82) is 0 Å². The second-order valence-electron chi connectivity index (χ2n) is 7.34. The summed E-state index contributed by atoms with van der Waals surface area (Å²) in [7, 11) is 0. The van der Waals surface area contributed by atoms with Crippen molar-refractivity contribution in [1.82, 2.24) is 9.88 Å². The van der Waals surface area contributed by atoms with Gasteiger partial charge in [0.05, 0.1) is 43.7 Å². The van der Waals surface area contributed by atoms with Crippen LogP contribution in [0.2, 0.25) is 0 Å². The molecule has 1 aromatic carbocycles. The quantitative estimate of drug-likeness (QED) is 0.271. The number of halogens is 1. The van der Waals surface area contributed by atoms with Crippen molar-refractivity contribution in [2.24, 2.45) is 0 Å². The largest absolute Gasteiger partial charge is 0.396 e. The van der Waals surface area contributed by atoms with Crippen molar-refractivity contribution in [3.8, 4) is 0 Å². The van der Waals surface area contributed by atoms with E-state index in [1.54, 1.807) is 12.1 Å². The van der Waals surface area contributed by atoms with E-state index in [1.807, 2.05) is 24.5 Å². The van der Waals surface area contributed by atoms with Gasteiger partial charge < -0.3 is 30.6 Å². The summed E-state index contributed by atoms with van der Waals surface area (Å²) >= 11 is 0. The molecule has 0 unspecified atom stereocenters. The number of nitrogens with two attached hydrogens (primary N) is 1. The molecule has 0 bridgehead atoms. The van der Waals surface area contributed by atoms with Crippen LogP contribution in [0, 0.1) is 5.82 Å². The van der Waals surface area contributed by atoms with Crippen LogP contribution in [-0.4, -0.2) is 53.8 Å². The minimum absolute atomic E-state index is 0.0731. The molecule has 0 amide bonds. The fraction of sp³-hybridized carbons (Fsp3) is 0.500. The number of fused-ring (bicyclic) bond motifs is 1. The van der Waals surface area contributed by atoms with E-state index in [0.29, 0.717) is 31.8 Å². The summed E-state index contributed by atoms with van der Waals surface area (Å²) in [6.07, 6.45) is 0.997. The predicted octanol–water partition coefficient (Wildman–Crippen LogP) is 1.79. The van der Waals surface area contributed by atoms with E-state index in [-0.39, 0.29) is 18.8 Å². The molecule has 0 saturated heterocycles. The van der Waals surface area contributed by atoms with Crippen LogP contribution in [0.1, 0.15) is 19.5 Å². The third-order valence-corrected chi connectivity index (χ3v) is 4.54. The van der Waals surface area contributed by atoms with Gasteiger partial charge in [0.2, 0.25) is 0 Å². The Balaban J connectivity index is 2.18. The van der Waals surface area contributed by atoms with Crippen LogP contribution < -0.4 is 11.1 Å². The highest BCUT2D eigenvalue weighted by molar-refractivity contribution is 5.85. The maximum Gasteiger partial charge on any atom is 0.148 e. The third kappa shape index (κ3) is 5.29. The Morgan fingerprint density at radius 2 is 2.15 bits per heavy atom. The first-order valence-electron chi connectivity index (χ1n) is 9.07. The molecule has 7 heteroatoms. The zero-order chi connectivity index (χ0) is 20.0. The average molecular weight is 379 g/mol. The first-order valence-corrected chi connectivity index (χ1v) is 9.07. The molecule has 0 aliphatic carbocycles. The number of hydrogen-bond donors (Lipinski definition) is 4. The van der Waals surface area contributed by atoms with Crippen molar-refractivity contribution in [2.75, 3.05) is 38.6 Å². The molecule has 0 spiro atoms. The van der Waals surface area contributed by atoms with Crippen molar-refractivity contribution in [3.05, 3.63) is 42.4 Å². The SMILES string of the molecule is C=CCOCCNC[C@H](O)Cn1c(C(C)(C)CO)cc2cc(N)c(F)cc21. The van der Waals surface area contributed by atoms with Crippen molar-refractivity contribution in [3.63, 3.8) is 0 Å². The summed E-state index contributed by atoms with van der Waals surface area (Å²) in [5.74, 6) is -0.498. The van der Waals surface area contributed by atoms with Gasteiger partial charge in [0, 0.05) is 35.7 Å². The van der Waals surface area contributed by atoms with Crippen molar-refractivity contribution < 1.29 is 19.3 Å². The maximum atomic E-state index is 14.0. The van der Waals surface area contributed by atoms with Crippen LogP contribution in [-0.2, 0) is 16.7 Å². The molecule has 1 aromatic heterocycles. The second-order valence-corrected chi connectivity index (χ2v) is 7.34. The summed E-state index contributed by atoms with van der Waals surface area (Å²) in [5.41, 5.74) is 6.69. The molecule has 0 fully saturated rings. The number of rotatable bonds is 11. The molecule has 6 nitrogen and oxygen atoms in total. The van der Waals surface area contributed by atoms with E-state index >= 15 is 0 Å². The van der Waals surface area contributed by atoms with Crippen LogP contribution in [0.25, 0.3) is 10.9 Å². The van der Waals surface area contributed by atoms with E-state index in [1.165, 1.54) is 6.07 Å². The van der Waals surface area contributed by atoms with Gasteiger partial charge in [-0.25, -0.2) is 4.39 Å². The van der Waals surface area contributed by atoms with Gasteiger partial charge in [0.1, 0.15) is 5.82 Å². The number of nitrogens with zero attached hydrogens (tertiary/aromatic N) is 1. The normalized spacial score (nSPS) is 13.2. The second kappa shape index (κ2) is 9.32. The smallest absolute Gasteiger partial charge is 0.148 e. The highest BCUT2D eigenvalue weighted by Crippen LogP contribution is 2.32. The van der Waals surface area contributed by atoms with E-state index < -0.39 is 17.3 Å². The molecule has 150 valence electrons. The van der Waals surface area contributed by atoms with Gasteiger partial charge in [0.15, 0.2) is 0 Å². The molecule has 0 aliphatic rings. The van der Waals surface area contributed by atoms with E-state index in [9.17, 15) is 14.6 Å². The van der Waals surface area contributed by atoms with Gasteiger partial charge in [-0.1, -0.05) is 19.9 Å². The fourth-order valence-corrected chi connectivity index (χ4v) is 2.99. The predicted molar refractivity (Wildman–Crippen MR) is 106 cm³/mol. The average Bonchev–Trinajstić information content (AvgIpc) is 2.96. The summed E-state index contributed by atoms with van der Waals surface area (Å²) in [5, 5.41) is 24.1. The minimum atomic E-state index is -0.686. The Morgan fingerprint density at radius 3 is 2.81 bits per heavy atom. The molecule has 27 heavy (non-hydrogen) atoms. The van der Waals surface area contributed by atoms with Crippen molar-refractivity contribution in [2.45, 2.75) is 31.9 Å². The van der Waals surface area contributed by atoms with Crippen LogP contribution >= 0.6 is 0 Å². The van der Waals surface area contributed by atoms with Crippen LogP contribution in [0.5, 0.6) is 0 Å². The molecule has 0 aliphatic heterocycles. The summed E-state index contributed by atoms with van der Waals surface area (Å²) in [6, 6.07) is 4.86. The molecule has 1 atom stereocenters. The van der Waals surface area contributed by atoms with E-state index in [2.05, 4.69) is 11.9 Å². The molecular formula is C20H30FN3O3. The Bertz CT molecular complexity index is 773. The molecular weight excluding hydrogens is 349 g/mol. The van der Waals surface area contributed by atoms with E-state index in [0.717, 1.165) is 11.1 Å². The number of hydrogen-bond acceptors (Lipinski definition) is 5. The summed E-state index contributed by atoms with van der Waals surface area (Å²) in [4.78, 5) is 0. The zero-order valence-electron chi connectivity index (χ0n) is 16.0. The lowest BCUT2D eigenvalue weighted by atomic mass is 9.90. The molecule has 2 aromatic rings. The number of nitrogen functional groups attached to an aromatic ring is 1. The lowest BCUT2D eigenvalue weighted by Gasteiger charge is -2.26. The number of benzene rings is 1. The van der Waals surface area contributed by atoms with Crippen molar-refractivity contribution >= 4 is 16.6 Å². The minimum Gasteiger partial charge on any atom is -0.396 e. The summed E-state index contributed by atoms with van der Waals surface area (Å²) in [6.45, 7) is 9.58. The Kier molecular flexibility index (Phi) is 7.38. The molecule has 1 heterocycles.